The van der Waals surface area contributed by atoms with E-state index < -0.39 is 6.09 Å². The minimum atomic E-state index is -0.851. The summed E-state index contributed by atoms with van der Waals surface area (Å²) in [4.78, 5) is 26.8. The second kappa shape index (κ2) is 8.68. The number of amides is 1. The number of ketones is 1. The third kappa shape index (κ3) is 5.31. The minimum Gasteiger partial charge on any atom is -0.485 e. The zero-order valence-electron chi connectivity index (χ0n) is 15.4. The minimum absolute atomic E-state index is 0.0134. The van der Waals surface area contributed by atoms with Gasteiger partial charge in [0.2, 0.25) is 0 Å². The van der Waals surface area contributed by atoms with Crippen molar-refractivity contribution in [1.82, 2.24) is 9.80 Å². The van der Waals surface area contributed by atoms with Crippen LogP contribution in [-0.2, 0) is 6.54 Å². The Morgan fingerprint density at radius 1 is 0.963 bits per heavy atom. The van der Waals surface area contributed by atoms with Crippen molar-refractivity contribution in [3.8, 4) is 5.75 Å². The Bertz CT molecular complexity index is 779. The van der Waals surface area contributed by atoms with Crippen LogP contribution in [0.1, 0.15) is 21.5 Å². The molecule has 6 heteroatoms. The van der Waals surface area contributed by atoms with E-state index >= 15 is 0 Å². The lowest BCUT2D eigenvalue weighted by atomic mass is 10.1. The average molecular weight is 368 g/mol. The van der Waals surface area contributed by atoms with E-state index in [-0.39, 0.29) is 12.4 Å². The van der Waals surface area contributed by atoms with E-state index in [0.29, 0.717) is 24.4 Å². The maximum absolute atomic E-state index is 12.2. The van der Waals surface area contributed by atoms with E-state index in [1.807, 2.05) is 55.5 Å². The molecule has 142 valence electrons. The van der Waals surface area contributed by atoms with Gasteiger partial charge in [0.05, 0.1) is 0 Å². The molecule has 0 spiro atoms. The average Bonchev–Trinajstić information content (AvgIpc) is 2.68. The van der Waals surface area contributed by atoms with Gasteiger partial charge in [0, 0.05) is 38.3 Å². The van der Waals surface area contributed by atoms with E-state index in [2.05, 4.69) is 4.90 Å². The second-order valence-corrected chi connectivity index (χ2v) is 6.77. The van der Waals surface area contributed by atoms with E-state index in [0.717, 1.165) is 30.8 Å². The number of hydrogen-bond acceptors (Lipinski definition) is 4. The molecule has 0 bridgehead atoms. The highest BCUT2D eigenvalue weighted by Crippen LogP contribution is 2.15. The summed E-state index contributed by atoms with van der Waals surface area (Å²) in [6.07, 6.45) is -0.851. The smallest absolute Gasteiger partial charge is 0.407 e. The predicted octanol–water partition coefficient (Wildman–Crippen LogP) is 3.05. The van der Waals surface area contributed by atoms with Crippen molar-refractivity contribution in [2.75, 3.05) is 32.8 Å². The van der Waals surface area contributed by atoms with Crippen LogP contribution in [0, 0.1) is 6.92 Å². The van der Waals surface area contributed by atoms with Gasteiger partial charge in [-0.05, 0) is 24.6 Å². The summed E-state index contributed by atoms with van der Waals surface area (Å²) >= 11 is 0. The summed E-state index contributed by atoms with van der Waals surface area (Å²) < 4.78 is 5.60. The predicted molar refractivity (Wildman–Crippen MR) is 102 cm³/mol. The molecule has 27 heavy (non-hydrogen) atoms. The number of Topliss-reactive ketones (excluding diaryl/α,β-unsaturated/α-hetero) is 1. The van der Waals surface area contributed by atoms with E-state index in [1.54, 1.807) is 0 Å². The molecule has 2 aromatic carbocycles. The number of aryl methyl sites for hydroxylation is 1. The number of rotatable bonds is 6. The van der Waals surface area contributed by atoms with E-state index in [1.165, 1.54) is 4.90 Å². The Morgan fingerprint density at radius 2 is 1.59 bits per heavy atom. The van der Waals surface area contributed by atoms with Gasteiger partial charge in [-0.25, -0.2) is 4.79 Å². The van der Waals surface area contributed by atoms with Crippen molar-refractivity contribution in [3.05, 3.63) is 65.2 Å². The van der Waals surface area contributed by atoms with Crippen LogP contribution in [0.5, 0.6) is 5.75 Å². The highest BCUT2D eigenvalue weighted by atomic mass is 16.5. The molecule has 3 rings (SSSR count). The monoisotopic (exact) mass is 368 g/mol. The molecule has 1 saturated heterocycles. The molecule has 1 N–H and O–H groups in total. The first-order valence-electron chi connectivity index (χ1n) is 9.03. The number of piperazine rings is 1. The zero-order valence-corrected chi connectivity index (χ0v) is 15.4. The molecule has 0 aromatic heterocycles. The van der Waals surface area contributed by atoms with Crippen LogP contribution in [0.4, 0.5) is 4.79 Å². The van der Waals surface area contributed by atoms with Crippen molar-refractivity contribution in [1.29, 1.82) is 0 Å². The summed E-state index contributed by atoms with van der Waals surface area (Å²) in [5.41, 5.74) is 2.90. The van der Waals surface area contributed by atoms with Crippen LogP contribution >= 0.6 is 0 Å². The topological polar surface area (TPSA) is 70.1 Å². The fraction of sp³-hybridized carbons (Fsp3) is 0.333. The standard InChI is InChI=1S/C21H24N2O4/c1-16-2-6-18(7-3-16)20(24)15-27-19-8-4-17(5-9-19)14-22-10-12-23(13-11-22)21(25)26/h2-9H,10-15H2,1H3,(H,25,26). The Kier molecular flexibility index (Phi) is 6.08. The molecule has 0 radical (unpaired) electrons. The SMILES string of the molecule is Cc1ccc(C(=O)COc2ccc(CN3CCN(C(=O)O)CC3)cc2)cc1. The lowest BCUT2D eigenvalue weighted by Crippen LogP contribution is -2.47. The Labute approximate surface area is 159 Å². The van der Waals surface area contributed by atoms with Crippen LogP contribution in [0.3, 0.4) is 0 Å². The molecule has 1 aliphatic heterocycles. The highest BCUT2D eigenvalue weighted by molar-refractivity contribution is 5.97. The van der Waals surface area contributed by atoms with Gasteiger partial charge in [-0.2, -0.15) is 0 Å². The zero-order chi connectivity index (χ0) is 19.2. The molecule has 1 amide bonds. The molecular weight excluding hydrogens is 344 g/mol. The number of nitrogens with zero attached hydrogens (tertiary/aromatic N) is 2. The van der Waals surface area contributed by atoms with Gasteiger partial charge in [-0.1, -0.05) is 42.0 Å². The highest BCUT2D eigenvalue weighted by Gasteiger charge is 2.20. The van der Waals surface area contributed by atoms with Gasteiger partial charge in [0.15, 0.2) is 12.4 Å². The number of carboxylic acid groups (broad SMARTS) is 1. The second-order valence-electron chi connectivity index (χ2n) is 6.77. The van der Waals surface area contributed by atoms with Crippen LogP contribution in [0.25, 0.3) is 0 Å². The first-order chi connectivity index (χ1) is 13.0. The van der Waals surface area contributed by atoms with Crippen LogP contribution in [0.15, 0.2) is 48.5 Å². The summed E-state index contributed by atoms with van der Waals surface area (Å²) in [5, 5.41) is 8.99. The van der Waals surface area contributed by atoms with Gasteiger partial charge < -0.3 is 14.7 Å². The number of carbonyl (C=O) groups is 2. The van der Waals surface area contributed by atoms with E-state index in [4.69, 9.17) is 9.84 Å². The van der Waals surface area contributed by atoms with Crippen LogP contribution in [-0.4, -0.2) is 59.6 Å². The maximum Gasteiger partial charge on any atom is 0.407 e. The first kappa shape index (κ1) is 18.9. The summed E-state index contributed by atoms with van der Waals surface area (Å²) in [7, 11) is 0. The fourth-order valence-corrected chi connectivity index (χ4v) is 3.02. The van der Waals surface area contributed by atoms with Crippen molar-refractivity contribution < 1.29 is 19.4 Å². The third-order valence-corrected chi connectivity index (χ3v) is 4.72. The van der Waals surface area contributed by atoms with Crippen molar-refractivity contribution in [3.63, 3.8) is 0 Å². The molecule has 1 aliphatic rings. The number of benzene rings is 2. The maximum atomic E-state index is 12.2. The van der Waals surface area contributed by atoms with Gasteiger partial charge >= 0.3 is 6.09 Å². The molecular formula is C21H24N2O4. The van der Waals surface area contributed by atoms with Crippen molar-refractivity contribution in [2.24, 2.45) is 0 Å². The molecule has 0 unspecified atom stereocenters. The quantitative estimate of drug-likeness (QED) is 0.794. The lowest BCUT2D eigenvalue weighted by Gasteiger charge is -2.33. The lowest BCUT2D eigenvalue weighted by molar-refractivity contribution is 0.0921. The number of carbonyl (C=O) groups excluding carboxylic acids is 1. The molecule has 0 aliphatic carbocycles. The Balaban J connectivity index is 1.47. The van der Waals surface area contributed by atoms with Gasteiger partial charge in [-0.3, -0.25) is 9.69 Å². The van der Waals surface area contributed by atoms with Gasteiger partial charge in [-0.15, -0.1) is 0 Å². The van der Waals surface area contributed by atoms with Crippen molar-refractivity contribution >= 4 is 11.9 Å². The Morgan fingerprint density at radius 3 is 2.19 bits per heavy atom. The fourth-order valence-electron chi connectivity index (χ4n) is 3.02. The van der Waals surface area contributed by atoms with E-state index in [9.17, 15) is 9.59 Å². The Hall–Kier alpha value is -2.86. The molecule has 6 nitrogen and oxygen atoms in total. The summed E-state index contributed by atoms with van der Waals surface area (Å²) in [6, 6.07) is 15.2. The molecule has 1 fully saturated rings. The number of ether oxygens (including phenoxy) is 1. The van der Waals surface area contributed by atoms with Gasteiger partial charge in [0.1, 0.15) is 5.75 Å². The van der Waals surface area contributed by atoms with Crippen LogP contribution < -0.4 is 4.74 Å². The van der Waals surface area contributed by atoms with Gasteiger partial charge in [0.25, 0.3) is 0 Å². The molecule has 0 saturated carbocycles. The molecule has 2 aromatic rings. The molecule has 0 atom stereocenters. The summed E-state index contributed by atoms with van der Waals surface area (Å²) in [5.74, 6) is 0.616. The summed E-state index contributed by atoms with van der Waals surface area (Å²) in [6.45, 7) is 5.31. The normalized spacial score (nSPS) is 14.8. The van der Waals surface area contributed by atoms with Crippen molar-refractivity contribution in [2.45, 2.75) is 13.5 Å². The first-order valence-corrected chi connectivity index (χ1v) is 9.03. The largest absolute Gasteiger partial charge is 0.485 e. The van der Waals surface area contributed by atoms with Crippen LogP contribution in [0.2, 0.25) is 0 Å². The number of hydrogen-bond donors (Lipinski definition) is 1. The molecule has 1 heterocycles. The third-order valence-electron chi connectivity index (χ3n) is 4.72.